The normalized spacial score (nSPS) is 13.4. The van der Waals surface area contributed by atoms with Crippen LogP contribution in [0.2, 0.25) is 0 Å². The number of amides is 2. The van der Waals surface area contributed by atoms with Crippen LogP contribution in [0.1, 0.15) is 57.6 Å². The molecule has 0 saturated carbocycles. The molecule has 0 spiro atoms. The van der Waals surface area contributed by atoms with Crippen LogP contribution in [0.3, 0.4) is 0 Å². The first-order valence-electron chi connectivity index (χ1n) is 11.8. The van der Waals surface area contributed by atoms with Crippen LogP contribution in [-0.2, 0) is 14.3 Å². The summed E-state index contributed by atoms with van der Waals surface area (Å²) < 4.78 is 5.64. The van der Waals surface area contributed by atoms with Crippen molar-refractivity contribution in [3.63, 3.8) is 0 Å². The highest BCUT2D eigenvalue weighted by molar-refractivity contribution is 5.80. The summed E-state index contributed by atoms with van der Waals surface area (Å²) in [5.41, 5.74) is 4.59. The van der Waals surface area contributed by atoms with Crippen molar-refractivity contribution in [3.8, 4) is 11.1 Å². The van der Waals surface area contributed by atoms with Gasteiger partial charge in [0.2, 0.25) is 5.91 Å². The van der Waals surface area contributed by atoms with Crippen LogP contribution in [0.4, 0.5) is 4.79 Å². The molecule has 182 valence electrons. The van der Waals surface area contributed by atoms with Gasteiger partial charge in [-0.1, -0.05) is 62.4 Å². The fourth-order valence-electron chi connectivity index (χ4n) is 4.44. The zero-order valence-corrected chi connectivity index (χ0v) is 20.3. The van der Waals surface area contributed by atoms with Crippen LogP contribution in [-0.4, -0.2) is 53.2 Å². The van der Waals surface area contributed by atoms with E-state index in [1.807, 2.05) is 52.0 Å². The monoisotopic (exact) mass is 466 g/mol. The lowest BCUT2D eigenvalue weighted by Crippen LogP contribution is -2.46. The molecule has 0 radical (unpaired) electrons. The van der Waals surface area contributed by atoms with Gasteiger partial charge in [-0.15, -0.1) is 0 Å². The van der Waals surface area contributed by atoms with E-state index in [1.54, 1.807) is 4.90 Å². The van der Waals surface area contributed by atoms with E-state index in [9.17, 15) is 14.4 Å². The van der Waals surface area contributed by atoms with Gasteiger partial charge >= 0.3 is 12.1 Å². The average molecular weight is 467 g/mol. The number of hydrogen-bond donors (Lipinski definition) is 2. The number of rotatable bonds is 10. The van der Waals surface area contributed by atoms with Crippen LogP contribution < -0.4 is 5.32 Å². The van der Waals surface area contributed by atoms with Crippen molar-refractivity contribution in [2.45, 2.75) is 58.5 Å². The smallest absolute Gasteiger partial charge is 0.407 e. The Bertz CT molecular complexity index is 988. The van der Waals surface area contributed by atoms with E-state index in [0.29, 0.717) is 0 Å². The van der Waals surface area contributed by atoms with Gasteiger partial charge in [-0.3, -0.25) is 9.59 Å². The number of carboxylic acids is 1. The molecule has 2 N–H and O–H groups in total. The van der Waals surface area contributed by atoms with Crippen molar-refractivity contribution in [3.05, 3.63) is 59.7 Å². The second-order valence-corrected chi connectivity index (χ2v) is 9.35. The van der Waals surface area contributed by atoms with Gasteiger partial charge in [0.25, 0.3) is 0 Å². The minimum atomic E-state index is -0.948. The summed E-state index contributed by atoms with van der Waals surface area (Å²) >= 11 is 0. The van der Waals surface area contributed by atoms with Crippen LogP contribution in [0.25, 0.3) is 11.1 Å². The number of carbonyl (C=O) groups excluding carboxylic acids is 2. The number of alkyl carbamates (subject to hydrolysis) is 1. The maximum absolute atomic E-state index is 12.9. The van der Waals surface area contributed by atoms with E-state index >= 15 is 0 Å². The fourth-order valence-corrected chi connectivity index (χ4v) is 4.44. The highest BCUT2D eigenvalue weighted by Crippen LogP contribution is 2.44. The van der Waals surface area contributed by atoms with Gasteiger partial charge in [-0.2, -0.15) is 0 Å². The van der Waals surface area contributed by atoms with Gasteiger partial charge < -0.3 is 20.1 Å². The largest absolute Gasteiger partial charge is 0.481 e. The first-order chi connectivity index (χ1) is 16.2. The molecule has 2 aromatic rings. The predicted octanol–water partition coefficient (Wildman–Crippen LogP) is 4.65. The topological polar surface area (TPSA) is 95.9 Å². The maximum Gasteiger partial charge on any atom is 0.407 e. The zero-order chi connectivity index (χ0) is 24.8. The van der Waals surface area contributed by atoms with Gasteiger partial charge in [0.1, 0.15) is 6.61 Å². The number of fused-ring (bicyclic) bond motifs is 3. The second kappa shape index (κ2) is 11.2. The lowest BCUT2D eigenvalue weighted by Gasteiger charge is -2.29. The maximum atomic E-state index is 12.9. The van der Waals surface area contributed by atoms with Gasteiger partial charge in [0.15, 0.2) is 0 Å². The van der Waals surface area contributed by atoms with E-state index in [0.717, 1.165) is 22.3 Å². The summed E-state index contributed by atoms with van der Waals surface area (Å²) in [6.45, 7) is 7.90. The fraction of sp³-hybridized carbons (Fsp3) is 0.444. The Morgan fingerprint density at radius 1 is 0.971 bits per heavy atom. The van der Waals surface area contributed by atoms with E-state index in [4.69, 9.17) is 9.84 Å². The lowest BCUT2D eigenvalue weighted by atomic mass is 9.98. The molecule has 0 aliphatic heterocycles. The Labute approximate surface area is 201 Å². The summed E-state index contributed by atoms with van der Waals surface area (Å²) in [7, 11) is 0. The summed E-state index contributed by atoms with van der Waals surface area (Å²) in [5, 5.41) is 11.8. The van der Waals surface area contributed by atoms with E-state index in [2.05, 4.69) is 29.6 Å². The number of hydrogen-bond acceptors (Lipinski definition) is 4. The molecule has 7 heteroatoms. The molecule has 0 aromatic heterocycles. The Balaban J connectivity index is 1.62. The van der Waals surface area contributed by atoms with Gasteiger partial charge in [0, 0.05) is 31.0 Å². The van der Waals surface area contributed by atoms with Gasteiger partial charge in [-0.25, -0.2) is 4.79 Å². The van der Waals surface area contributed by atoms with Crippen molar-refractivity contribution >= 4 is 18.0 Å². The van der Waals surface area contributed by atoms with Crippen LogP contribution in [0.5, 0.6) is 0 Å². The molecule has 0 unspecified atom stereocenters. The third-order valence-electron chi connectivity index (χ3n) is 6.36. The van der Waals surface area contributed by atoms with Crippen molar-refractivity contribution in [2.24, 2.45) is 5.92 Å². The Morgan fingerprint density at radius 2 is 1.53 bits per heavy atom. The minimum absolute atomic E-state index is 0.00193. The molecule has 3 rings (SSSR count). The highest BCUT2D eigenvalue weighted by Gasteiger charge is 2.30. The Kier molecular flexibility index (Phi) is 8.31. The molecule has 1 atom stereocenters. The first kappa shape index (κ1) is 25.3. The van der Waals surface area contributed by atoms with Crippen molar-refractivity contribution in [1.29, 1.82) is 0 Å². The van der Waals surface area contributed by atoms with Gasteiger partial charge in [0.05, 0.1) is 6.42 Å². The van der Waals surface area contributed by atoms with Gasteiger partial charge in [-0.05, 0) is 42.0 Å². The van der Waals surface area contributed by atoms with E-state index < -0.39 is 18.1 Å². The lowest BCUT2D eigenvalue weighted by molar-refractivity contribution is -0.139. The minimum Gasteiger partial charge on any atom is -0.481 e. The molecule has 34 heavy (non-hydrogen) atoms. The second-order valence-electron chi connectivity index (χ2n) is 9.35. The van der Waals surface area contributed by atoms with E-state index in [1.165, 1.54) is 0 Å². The summed E-state index contributed by atoms with van der Waals surface area (Å²) in [4.78, 5) is 38.1. The number of carbonyl (C=O) groups is 3. The predicted molar refractivity (Wildman–Crippen MR) is 131 cm³/mol. The number of nitrogens with zero attached hydrogens (tertiary/aromatic N) is 1. The number of aliphatic carboxylic acids is 1. The van der Waals surface area contributed by atoms with Crippen molar-refractivity contribution in [1.82, 2.24) is 10.2 Å². The third kappa shape index (κ3) is 5.95. The first-order valence-corrected chi connectivity index (χ1v) is 11.8. The standard InChI is InChI=1S/C27H34N2O5/c1-17(2)24(15-25(30)29(18(3)4)14-13-26(31)32)28-27(33)34-16-23-21-11-7-5-9-19(21)20-10-6-8-12-22(20)23/h5-12,17-18,23-24H,13-16H2,1-4H3,(H,28,33)(H,31,32)/t24-/m0/s1. The average Bonchev–Trinajstić information content (AvgIpc) is 3.10. The molecule has 0 heterocycles. The molecular formula is C27H34N2O5. The zero-order valence-electron chi connectivity index (χ0n) is 20.3. The number of carboxylic acid groups (broad SMARTS) is 1. The molecule has 2 aromatic carbocycles. The molecule has 7 nitrogen and oxygen atoms in total. The highest BCUT2D eigenvalue weighted by atomic mass is 16.5. The quantitative estimate of drug-likeness (QED) is 0.531. The third-order valence-corrected chi connectivity index (χ3v) is 6.36. The molecule has 0 saturated heterocycles. The Hall–Kier alpha value is -3.35. The summed E-state index contributed by atoms with van der Waals surface area (Å²) in [5.74, 6) is -1.17. The van der Waals surface area contributed by atoms with Crippen molar-refractivity contribution < 1.29 is 24.2 Å². The molecule has 2 amide bonds. The number of ether oxygens (including phenoxy) is 1. The molecule has 0 fully saturated rings. The number of nitrogens with one attached hydrogen (secondary N) is 1. The summed E-state index contributed by atoms with van der Waals surface area (Å²) in [6, 6.07) is 15.7. The van der Waals surface area contributed by atoms with E-state index in [-0.39, 0.29) is 49.8 Å². The SMILES string of the molecule is CC(C)[C@H](CC(=O)N(CCC(=O)O)C(C)C)NC(=O)OCC1c2ccccc2-c2ccccc21. The summed E-state index contributed by atoms with van der Waals surface area (Å²) in [6.07, 6.45) is -0.592. The number of benzene rings is 2. The molecule has 1 aliphatic rings. The molecular weight excluding hydrogens is 432 g/mol. The molecule has 0 bridgehead atoms. The van der Waals surface area contributed by atoms with Crippen LogP contribution in [0.15, 0.2) is 48.5 Å². The van der Waals surface area contributed by atoms with Crippen LogP contribution >= 0.6 is 0 Å². The van der Waals surface area contributed by atoms with Crippen LogP contribution in [0, 0.1) is 5.92 Å². The molecule has 1 aliphatic carbocycles. The Morgan fingerprint density at radius 3 is 2.03 bits per heavy atom. The van der Waals surface area contributed by atoms with Crippen molar-refractivity contribution in [2.75, 3.05) is 13.2 Å².